The van der Waals surface area contributed by atoms with Gasteiger partial charge in [0.1, 0.15) is 6.04 Å². The second-order valence-electron chi connectivity index (χ2n) is 6.13. The molecule has 1 amide bonds. The summed E-state index contributed by atoms with van der Waals surface area (Å²) in [5.41, 5.74) is 2.15. The van der Waals surface area contributed by atoms with Crippen LogP contribution in [0.4, 0.5) is 0 Å². The Morgan fingerprint density at radius 2 is 1.92 bits per heavy atom. The van der Waals surface area contributed by atoms with Gasteiger partial charge in [-0.2, -0.15) is 0 Å². The van der Waals surface area contributed by atoms with Gasteiger partial charge in [0.05, 0.1) is 23.5 Å². The number of carboxylic acid groups (broad SMARTS) is 1. The largest absolute Gasteiger partial charge is 0.480 e. The van der Waals surface area contributed by atoms with E-state index in [4.69, 9.17) is 0 Å². The van der Waals surface area contributed by atoms with Crippen LogP contribution in [0.2, 0.25) is 0 Å². The molecule has 1 aromatic heterocycles. The number of carbonyl (C=O) groups is 2. The first kappa shape index (κ1) is 17.7. The molecule has 1 atom stereocenters. The van der Waals surface area contributed by atoms with Crippen LogP contribution >= 0.6 is 0 Å². The molecule has 0 bridgehead atoms. The zero-order valence-corrected chi connectivity index (χ0v) is 14.1. The van der Waals surface area contributed by atoms with Gasteiger partial charge in [0, 0.05) is 0 Å². The highest BCUT2D eigenvalue weighted by Gasteiger charge is 2.22. The molecule has 2 N–H and O–H groups in total. The van der Waals surface area contributed by atoms with E-state index in [-0.39, 0.29) is 18.2 Å². The van der Waals surface area contributed by atoms with Crippen molar-refractivity contribution < 1.29 is 14.7 Å². The molecule has 0 aliphatic rings. The number of hydrogen-bond donors (Lipinski definition) is 2. The maximum absolute atomic E-state index is 12.2. The van der Waals surface area contributed by atoms with Crippen molar-refractivity contribution in [1.29, 1.82) is 0 Å². The lowest BCUT2D eigenvalue weighted by Crippen LogP contribution is -2.42. The van der Waals surface area contributed by atoms with Gasteiger partial charge < -0.3 is 10.4 Å². The van der Waals surface area contributed by atoms with Gasteiger partial charge in [-0.05, 0) is 31.4 Å². The molecular formula is C17H22N4O3. The van der Waals surface area contributed by atoms with Crippen molar-refractivity contribution in [3.8, 4) is 5.69 Å². The van der Waals surface area contributed by atoms with Gasteiger partial charge in [-0.1, -0.05) is 37.3 Å². The van der Waals surface area contributed by atoms with Crippen molar-refractivity contribution in [3.63, 3.8) is 0 Å². The van der Waals surface area contributed by atoms with E-state index in [0.717, 1.165) is 11.4 Å². The highest BCUT2D eigenvalue weighted by molar-refractivity contribution is 5.84. The van der Waals surface area contributed by atoms with Crippen LogP contribution < -0.4 is 5.32 Å². The minimum atomic E-state index is -1.03. The van der Waals surface area contributed by atoms with Gasteiger partial charge in [-0.25, -0.2) is 9.48 Å². The standard InChI is InChI=1S/C17H22N4O3/c1-11(2)9-15(17(23)24)18-16(22)10-14-12(3)21(20-19-14)13-7-5-4-6-8-13/h4-8,11,15H,9-10H2,1-3H3,(H,18,22)(H,23,24)/t15-/m0/s1. The number of rotatable bonds is 7. The Morgan fingerprint density at radius 1 is 1.25 bits per heavy atom. The number of carbonyl (C=O) groups excluding carboxylic acids is 1. The SMILES string of the molecule is Cc1c(CC(=O)N[C@@H](CC(C)C)C(=O)O)nnn1-c1ccccc1. The molecule has 0 saturated heterocycles. The highest BCUT2D eigenvalue weighted by atomic mass is 16.4. The molecular weight excluding hydrogens is 308 g/mol. The zero-order chi connectivity index (χ0) is 17.7. The number of nitrogens with zero attached hydrogens (tertiary/aromatic N) is 3. The molecule has 0 saturated carbocycles. The highest BCUT2D eigenvalue weighted by Crippen LogP contribution is 2.12. The second-order valence-corrected chi connectivity index (χ2v) is 6.13. The average Bonchev–Trinajstić information content (AvgIpc) is 2.88. The number of benzene rings is 1. The Bertz CT molecular complexity index is 710. The number of carboxylic acids is 1. The Balaban J connectivity index is 2.07. The van der Waals surface area contributed by atoms with Crippen LogP contribution in [0.5, 0.6) is 0 Å². The van der Waals surface area contributed by atoms with Crippen LogP contribution in [-0.2, 0) is 16.0 Å². The van der Waals surface area contributed by atoms with E-state index in [9.17, 15) is 14.7 Å². The minimum Gasteiger partial charge on any atom is -0.480 e. The first-order valence-electron chi connectivity index (χ1n) is 7.87. The molecule has 24 heavy (non-hydrogen) atoms. The molecule has 7 nitrogen and oxygen atoms in total. The number of aromatic nitrogens is 3. The monoisotopic (exact) mass is 330 g/mol. The topological polar surface area (TPSA) is 97.1 Å². The number of para-hydroxylation sites is 1. The summed E-state index contributed by atoms with van der Waals surface area (Å²) >= 11 is 0. The Morgan fingerprint density at radius 3 is 2.50 bits per heavy atom. The van der Waals surface area contributed by atoms with Crippen LogP contribution in [0, 0.1) is 12.8 Å². The van der Waals surface area contributed by atoms with Crippen molar-refractivity contribution in [3.05, 3.63) is 41.7 Å². The molecule has 1 heterocycles. The summed E-state index contributed by atoms with van der Waals surface area (Å²) in [6.45, 7) is 5.66. The lowest BCUT2D eigenvalue weighted by atomic mass is 10.0. The third-order valence-corrected chi connectivity index (χ3v) is 3.66. The van der Waals surface area contributed by atoms with Crippen molar-refractivity contribution in [2.45, 2.75) is 39.7 Å². The average molecular weight is 330 g/mol. The maximum Gasteiger partial charge on any atom is 0.326 e. The van der Waals surface area contributed by atoms with Gasteiger partial charge in [0.15, 0.2) is 0 Å². The lowest BCUT2D eigenvalue weighted by molar-refractivity contribution is -0.142. The Hall–Kier alpha value is -2.70. The molecule has 0 spiro atoms. The summed E-state index contributed by atoms with van der Waals surface area (Å²) in [4.78, 5) is 23.4. The van der Waals surface area contributed by atoms with E-state index in [2.05, 4.69) is 15.6 Å². The van der Waals surface area contributed by atoms with E-state index in [1.807, 2.05) is 51.1 Å². The molecule has 0 aliphatic heterocycles. The molecule has 128 valence electrons. The second kappa shape index (κ2) is 7.72. The van der Waals surface area contributed by atoms with Crippen molar-refractivity contribution in [2.75, 3.05) is 0 Å². The first-order valence-corrected chi connectivity index (χ1v) is 7.87. The number of amides is 1. The smallest absolute Gasteiger partial charge is 0.326 e. The van der Waals surface area contributed by atoms with Crippen LogP contribution in [0.15, 0.2) is 30.3 Å². The summed E-state index contributed by atoms with van der Waals surface area (Å²) in [7, 11) is 0. The summed E-state index contributed by atoms with van der Waals surface area (Å²) in [5, 5.41) is 19.9. The zero-order valence-electron chi connectivity index (χ0n) is 14.1. The van der Waals surface area contributed by atoms with E-state index >= 15 is 0 Å². The van der Waals surface area contributed by atoms with Crippen LogP contribution in [-0.4, -0.2) is 38.0 Å². The van der Waals surface area contributed by atoms with E-state index in [1.165, 1.54) is 0 Å². The van der Waals surface area contributed by atoms with Gasteiger partial charge in [0.2, 0.25) is 5.91 Å². The van der Waals surface area contributed by atoms with Crippen molar-refractivity contribution >= 4 is 11.9 Å². The number of aliphatic carboxylic acids is 1. The fourth-order valence-electron chi connectivity index (χ4n) is 2.43. The molecule has 2 aromatic rings. The molecule has 0 aliphatic carbocycles. The third-order valence-electron chi connectivity index (χ3n) is 3.66. The predicted molar refractivity (Wildman–Crippen MR) is 88.8 cm³/mol. The van der Waals surface area contributed by atoms with Crippen LogP contribution in [0.3, 0.4) is 0 Å². The fourth-order valence-corrected chi connectivity index (χ4v) is 2.43. The summed E-state index contributed by atoms with van der Waals surface area (Å²) in [6, 6.07) is 8.61. The van der Waals surface area contributed by atoms with Gasteiger partial charge in [-0.15, -0.1) is 5.10 Å². The third kappa shape index (κ3) is 4.41. The predicted octanol–water partition coefficient (Wildman–Crippen LogP) is 1.73. The van der Waals surface area contributed by atoms with E-state index < -0.39 is 12.0 Å². The fraction of sp³-hybridized carbons (Fsp3) is 0.412. The quantitative estimate of drug-likeness (QED) is 0.806. The summed E-state index contributed by atoms with van der Waals surface area (Å²) < 4.78 is 1.66. The Labute approximate surface area is 140 Å². The van der Waals surface area contributed by atoms with Crippen LogP contribution in [0.1, 0.15) is 31.7 Å². The summed E-state index contributed by atoms with van der Waals surface area (Å²) in [6.07, 6.45) is 0.386. The molecule has 2 rings (SSSR count). The number of nitrogens with one attached hydrogen (secondary N) is 1. The molecule has 0 unspecified atom stereocenters. The number of hydrogen-bond acceptors (Lipinski definition) is 4. The van der Waals surface area contributed by atoms with Gasteiger partial charge >= 0.3 is 5.97 Å². The van der Waals surface area contributed by atoms with Crippen molar-refractivity contribution in [1.82, 2.24) is 20.3 Å². The maximum atomic E-state index is 12.2. The summed E-state index contributed by atoms with van der Waals surface area (Å²) in [5.74, 6) is -1.22. The minimum absolute atomic E-state index is 0.000538. The van der Waals surface area contributed by atoms with Gasteiger partial charge in [-0.3, -0.25) is 4.79 Å². The van der Waals surface area contributed by atoms with E-state index in [1.54, 1.807) is 4.68 Å². The van der Waals surface area contributed by atoms with Crippen molar-refractivity contribution in [2.24, 2.45) is 5.92 Å². The lowest BCUT2D eigenvalue weighted by Gasteiger charge is -2.16. The van der Waals surface area contributed by atoms with Gasteiger partial charge in [0.25, 0.3) is 0 Å². The Kier molecular flexibility index (Phi) is 5.68. The van der Waals surface area contributed by atoms with Crippen LogP contribution in [0.25, 0.3) is 5.69 Å². The normalized spacial score (nSPS) is 12.2. The molecule has 7 heteroatoms. The first-order chi connectivity index (χ1) is 11.4. The molecule has 0 fully saturated rings. The molecule has 1 aromatic carbocycles. The van der Waals surface area contributed by atoms with E-state index in [0.29, 0.717) is 12.1 Å². The molecule has 0 radical (unpaired) electrons.